The first-order valence-electron chi connectivity index (χ1n) is 7.71. The van der Waals surface area contributed by atoms with Crippen molar-refractivity contribution in [1.82, 2.24) is 5.32 Å². The first kappa shape index (κ1) is 19.0. The van der Waals surface area contributed by atoms with Crippen LogP contribution in [-0.4, -0.2) is 6.04 Å². The fraction of sp³-hybridized carbons (Fsp3) is 0.684. The zero-order valence-electron chi connectivity index (χ0n) is 15.1. The van der Waals surface area contributed by atoms with Crippen molar-refractivity contribution >= 4 is 0 Å². The minimum absolute atomic E-state index is 0.122. The van der Waals surface area contributed by atoms with Gasteiger partial charge in [-0.2, -0.15) is 0 Å². The number of hydrogen-bond donors (Lipinski definition) is 1. The summed E-state index contributed by atoms with van der Waals surface area (Å²) < 4.78 is 0. The van der Waals surface area contributed by atoms with Gasteiger partial charge in [-0.15, -0.1) is 0 Å². The Morgan fingerprint density at radius 2 is 1.55 bits per heavy atom. The molecule has 1 N–H and O–H groups in total. The molecule has 1 atom stereocenters. The van der Waals surface area contributed by atoms with Crippen LogP contribution in [0.15, 0.2) is 35.6 Å². The van der Waals surface area contributed by atoms with Crippen LogP contribution in [0, 0.1) is 10.8 Å². The maximum Gasteiger partial charge on any atom is 0.0328 e. The SMILES string of the molecule is C=C(/C=C\C(NC(CC)C(C)(C)C)=C(C)C)C(C)(C)C. The van der Waals surface area contributed by atoms with Gasteiger partial charge in [0.1, 0.15) is 0 Å². The molecule has 0 aromatic heterocycles. The van der Waals surface area contributed by atoms with Crippen LogP contribution in [0.2, 0.25) is 0 Å². The van der Waals surface area contributed by atoms with E-state index in [4.69, 9.17) is 0 Å². The highest BCUT2D eigenvalue weighted by atomic mass is 14.9. The van der Waals surface area contributed by atoms with Crippen molar-refractivity contribution in [3.8, 4) is 0 Å². The molecule has 0 aliphatic rings. The Kier molecular flexibility index (Phi) is 6.80. The molecule has 0 bridgehead atoms. The van der Waals surface area contributed by atoms with Crippen LogP contribution in [-0.2, 0) is 0 Å². The summed E-state index contributed by atoms with van der Waals surface area (Å²) in [5, 5.41) is 3.70. The molecule has 0 fully saturated rings. The minimum Gasteiger partial charge on any atom is -0.382 e. The molecule has 0 saturated carbocycles. The Bertz CT molecular complexity index is 379. The summed E-state index contributed by atoms with van der Waals surface area (Å²) in [6, 6.07) is 0.472. The third-order valence-electron chi connectivity index (χ3n) is 3.74. The van der Waals surface area contributed by atoms with Gasteiger partial charge in [0.25, 0.3) is 0 Å². The lowest BCUT2D eigenvalue weighted by atomic mass is 9.84. The molecule has 1 unspecified atom stereocenters. The number of hydrogen-bond acceptors (Lipinski definition) is 1. The van der Waals surface area contributed by atoms with Gasteiger partial charge in [-0.3, -0.25) is 0 Å². The second kappa shape index (κ2) is 7.15. The van der Waals surface area contributed by atoms with E-state index in [1.807, 2.05) is 0 Å². The van der Waals surface area contributed by atoms with Gasteiger partial charge in [0.15, 0.2) is 0 Å². The summed E-state index contributed by atoms with van der Waals surface area (Å²) in [5.74, 6) is 0. The van der Waals surface area contributed by atoms with Crippen LogP contribution < -0.4 is 5.32 Å². The average molecular weight is 277 g/mol. The molecule has 1 heteroatoms. The predicted octanol–water partition coefficient (Wildman–Crippen LogP) is 5.85. The van der Waals surface area contributed by atoms with Crippen molar-refractivity contribution in [2.75, 3.05) is 0 Å². The second-order valence-corrected chi connectivity index (χ2v) is 7.99. The third kappa shape index (κ3) is 6.45. The molecule has 0 spiro atoms. The van der Waals surface area contributed by atoms with Crippen molar-refractivity contribution < 1.29 is 0 Å². The van der Waals surface area contributed by atoms with E-state index in [0.717, 1.165) is 12.0 Å². The van der Waals surface area contributed by atoms with Crippen LogP contribution in [0.1, 0.15) is 68.7 Å². The predicted molar refractivity (Wildman–Crippen MR) is 92.8 cm³/mol. The fourth-order valence-corrected chi connectivity index (χ4v) is 1.91. The van der Waals surface area contributed by atoms with Crippen molar-refractivity contribution in [2.24, 2.45) is 10.8 Å². The Morgan fingerprint density at radius 1 is 1.05 bits per heavy atom. The van der Waals surface area contributed by atoms with E-state index >= 15 is 0 Å². The Balaban J connectivity index is 5.10. The maximum atomic E-state index is 4.17. The standard InChI is InChI=1S/C19H35N/c1-11-17(19(8,9)10)20-16(14(2)3)13-12-15(4)18(5,6)7/h12-13,17,20H,4,11H2,1-3,5-10H3/b13-12-. The Morgan fingerprint density at radius 3 is 1.85 bits per heavy atom. The molecule has 20 heavy (non-hydrogen) atoms. The van der Waals surface area contributed by atoms with Gasteiger partial charge in [0, 0.05) is 11.7 Å². The molecule has 0 aromatic rings. The van der Waals surface area contributed by atoms with Gasteiger partial charge in [0.2, 0.25) is 0 Å². The quantitative estimate of drug-likeness (QED) is 0.621. The molecular weight excluding hydrogens is 242 g/mol. The van der Waals surface area contributed by atoms with Gasteiger partial charge >= 0.3 is 0 Å². The van der Waals surface area contributed by atoms with E-state index in [2.05, 4.69) is 86.4 Å². The summed E-state index contributed by atoms with van der Waals surface area (Å²) in [4.78, 5) is 0. The summed E-state index contributed by atoms with van der Waals surface area (Å²) in [7, 11) is 0. The van der Waals surface area contributed by atoms with Gasteiger partial charge in [-0.1, -0.05) is 66.7 Å². The van der Waals surface area contributed by atoms with Gasteiger partial charge in [-0.25, -0.2) is 0 Å². The number of rotatable bonds is 5. The second-order valence-electron chi connectivity index (χ2n) is 7.99. The molecule has 0 radical (unpaired) electrons. The first-order valence-corrected chi connectivity index (χ1v) is 7.71. The molecule has 1 nitrogen and oxygen atoms in total. The summed E-state index contributed by atoms with van der Waals surface area (Å²) >= 11 is 0. The molecular formula is C19H35N. The van der Waals surface area contributed by atoms with Crippen molar-refractivity contribution in [2.45, 2.75) is 74.8 Å². The van der Waals surface area contributed by atoms with Gasteiger partial charge in [0.05, 0.1) is 0 Å². The van der Waals surface area contributed by atoms with Crippen LogP contribution in [0.5, 0.6) is 0 Å². The third-order valence-corrected chi connectivity index (χ3v) is 3.74. The van der Waals surface area contributed by atoms with E-state index in [1.54, 1.807) is 0 Å². The summed E-state index contributed by atoms with van der Waals surface area (Å²) in [6.07, 6.45) is 5.44. The first-order chi connectivity index (χ1) is 8.89. The number of nitrogens with one attached hydrogen (secondary N) is 1. The molecule has 0 amide bonds. The van der Waals surface area contributed by atoms with E-state index in [1.165, 1.54) is 11.3 Å². The maximum absolute atomic E-state index is 4.17. The lowest BCUT2D eigenvalue weighted by Crippen LogP contribution is -2.39. The molecule has 0 aromatic carbocycles. The molecule has 0 heterocycles. The highest BCUT2D eigenvalue weighted by Gasteiger charge is 2.23. The smallest absolute Gasteiger partial charge is 0.0328 e. The van der Waals surface area contributed by atoms with Crippen molar-refractivity contribution in [3.63, 3.8) is 0 Å². The normalized spacial score (nSPS) is 14.2. The zero-order chi connectivity index (χ0) is 16.1. The van der Waals surface area contributed by atoms with Crippen molar-refractivity contribution in [1.29, 1.82) is 0 Å². The van der Waals surface area contributed by atoms with E-state index in [-0.39, 0.29) is 10.8 Å². The topological polar surface area (TPSA) is 12.0 Å². The highest BCUT2D eigenvalue weighted by molar-refractivity contribution is 5.30. The van der Waals surface area contributed by atoms with Crippen molar-refractivity contribution in [3.05, 3.63) is 35.6 Å². The largest absolute Gasteiger partial charge is 0.382 e. The van der Waals surface area contributed by atoms with E-state index < -0.39 is 0 Å². The molecule has 0 saturated heterocycles. The summed E-state index contributed by atoms with van der Waals surface area (Å²) in [5.41, 5.74) is 4.06. The molecule has 0 aliphatic heterocycles. The van der Waals surface area contributed by atoms with E-state index in [0.29, 0.717) is 6.04 Å². The van der Waals surface area contributed by atoms with Crippen LogP contribution >= 0.6 is 0 Å². The zero-order valence-corrected chi connectivity index (χ0v) is 15.1. The lowest BCUT2D eigenvalue weighted by Gasteiger charge is -2.32. The Hall–Kier alpha value is -0.980. The van der Waals surface area contributed by atoms with Gasteiger partial charge in [-0.05, 0) is 42.7 Å². The minimum atomic E-state index is 0.122. The summed E-state index contributed by atoms with van der Waals surface area (Å²) in [6.45, 7) is 24.2. The lowest BCUT2D eigenvalue weighted by molar-refractivity contribution is 0.278. The van der Waals surface area contributed by atoms with Crippen LogP contribution in [0.4, 0.5) is 0 Å². The monoisotopic (exact) mass is 277 g/mol. The molecule has 116 valence electrons. The fourth-order valence-electron chi connectivity index (χ4n) is 1.91. The Labute approximate surface area is 127 Å². The van der Waals surface area contributed by atoms with Crippen LogP contribution in [0.3, 0.4) is 0 Å². The van der Waals surface area contributed by atoms with E-state index in [9.17, 15) is 0 Å². The average Bonchev–Trinajstić information content (AvgIpc) is 2.25. The number of allylic oxidation sites excluding steroid dienone is 4. The van der Waals surface area contributed by atoms with Gasteiger partial charge < -0.3 is 5.32 Å². The van der Waals surface area contributed by atoms with Crippen LogP contribution in [0.25, 0.3) is 0 Å². The highest BCUT2D eigenvalue weighted by Crippen LogP contribution is 2.26. The molecule has 0 aliphatic carbocycles. The molecule has 0 rings (SSSR count).